The first-order valence-electron chi connectivity index (χ1n) is 6.70. The van der Waals surface area contributed by atoms with E-state index in [0.29, 0.717) is 17.8 Å². The van der Waals surface area contributed by atoms with E-state index in [9.17, 15) is 10.2 Å². The molecule has 1 heterocycles. The van der Waals surface area contributed by atoms with Crippen LogP contribution in [0.5, 0.6) is 5.75 Å². The predicted molar refractivity (Wildman–Crippen MR) is 85.3 cm³/mol. The Bertz CT molecular complexity index is 606. The molecule has 1 aromatic carbocycles. The van der Waals surface area contributed by atoms with Crippen molar-refractivity contribution in [3.05, 3.63) is 46.2 Å². The molecule has 6 heteroatoms. The van der Waals surface area contributed by atoms with Crippen molar-refractivity contribution in [2.24, 2.45) is 0 Å². The molecule has 0 fully saturated rings. The zero-order valence-corrected chi connectivity index (χ0v) is 14.0. The van der Waals surface area contributed by atoms with Crippen molar-refractivity contribution < 1.29 is 10.2 Å². The molecule has 0 bridgehead atoms. The number of phenolic OH excluding ortho intramolecular Hbond substituents is 1. The van der Waals surface area contributed by atoms with Gasteiger partial charge in [-0.25, -0.2) is 0 Å². The molecule has 0 aliphatic heterocycles. The van der Waals surface area contributed by atoms with Crippen molar-refractivity contribution in [1.82, 2.24) is 14.7 Å². The maximum Gasteiger partial charge on any atom is 0.129 e. The molecular formula is C15H20BrN3O2. The van der Waals surface area contributed by atoms with Gasteiger partial charge in [0.1, 0.15) is 11.4 Å². The highest BCUT2D eigenvalue weighted by molar-refractivity contribution is 9.10. The monoisotopic (exact) mass is 353 g/mol. The Balaban J connectivity index is 2.39. The van der Waals surface area contributed by atoms with Crippen molar-refractivity contribution in [2.75, 3.05) is 20.6 Å². The minimum atomic E-state index is -1.20. The van der Waals surface area contributed by atoms with E-state index >= 15 is 0 Å². The summed E-state index contributed by atoms with van der Waals surface area (Å²) in [5.74, 6) is 0.176. The van der Waals surface area contributed by atoms with Gasteiger partial charge in [0.15, 0.2) is 0 Å². The van der Waals surface area contributed by atoms with E-state index in [1.165, 1.54) is 0 Å². The van der Waals surface area contributed by atoms with Gasteiger partial charge in [-0.1, -0.05) is 12.1 Å². The summed E-state index contributed by atoms with van der Waals surface area (Å²) in [6.45, 7) is 3.24. The molecule has 0 spiro atoms. The third kappa shape index (κ3) is 3.45. The minimum Gasteiger partial charge on any atom is -0.508 e. The second kappa shape index (κ2) is 6.17. The summed E-state index contributed by atoms with van der Waals surface area (Å²) in [7, 11) is 3.99. The van der Waals surface area contributed by atoms with Crippen LogP contribution in [-0.4, -0.2) is 45.5 Å². The molecule has 5 nitrogen and oxygen atoms in total. The topological polar surface area (TPSA) is 61.5 Å². The fraction of sp³-hybridized carbons (Fsp3) is 0.400. The largest absolute Gasteiger partial charge is 0.508 e. The molecule has 1 unspecified atom stereocenters. The number of aromatic hydroxyl groups is 1. The van der Waals surface area contributed by atoms with E-state index < -0.39 is 5.60 Å². The summed E-state index contributed by atoms with van der Waals surface area (Å²) in [5.41, 5.74) is 0.206. The number of phenols is 1. The van der Waals surface area contributed by atoms with Crippen LogP contribution in [-0.2, 0) is 12.1 Å². The predicted octanol–water partition coefficient (Wildman–Crippen LogP) is 2.17. The van der Waals surface area contributed by atoms with Crippen LogP contribution in [0.3, 0.4) is 0 Å². The van der Waals surface area contributed by atoms with Crippen LogP contribution in [0.1, 0.15) is 18.2 Å². The van der Waals surface area contributed by atoms with Gasteiger partial charge in [0.2, 0.25) is 0 Å². The van der Waals surface area contributed by atoms with Crippen LogP contribution >= 0.6 is 15.9 Å². The lowest BCUT2D eigenvalue weighted by Gasteiger charge is -2.26. The van der Waals surface area contributed by atoms with Gasteiger partial charge in [0, 0.05) is 6.54 Å². The van der Waals surface area contributed by atoms with E-state index in [4.69, 9.17) is 0 Å². The molecular weight excluding hydrogens is 334 g/mol. The fourth-order valence-corrected chi connectivity index (χ4v) is 2.92. The van der Waals surface area contributed by atoms with E-state index in [1.54, 1.807) is 42.1 Å². The smallest absolute Gasteiger partial charge is 0.129 e. The first kappa shape index (κ1) is 16.0. The van der Waals surface area contributed by atoms with Crippen LogP contribution in [0, 0.1) is 0 Å². The van der Waals surface area contributed by atoms with Gasteiger partial charge in [-0.2, -0.15) is 5.10 Å². The normalized spacial score (nSPS) is 14.4. The quantitative estimate of drug-likeness (QED) is 0.864. The molecule has 0 radical (unpaired) electrons. The summed E-state index contributed by atoms with van der Waals surface area (Å²) in [6.07, 6.45) is 1.69. The van der Waals surface area contributed by atoms with E-state index in [-0.39, 0.29) is 5.75 Å². The summed E-state index contributed by atoms with van der Waals surface area (Å²) >= 11 is 3.47. The molecule has 0 saturated carbocycles. The van der Waals surface area contributed by atoms with Crippen LogP contribution in [0.2, 0.25) is 0 Å². The highest BCUT2D eigenvalue weighted by atomic mass is 79.9. The molecule has 0 amide bonds. The molecule has 2 rings (SSSR count). The van der Waals surface area contributed by atoms with Crippen molar-refractivity contribution in [1.29, 1.82) is 0 Å². The number of aromatic nitrogens is 2. The number of nitrogens with zero attached hydrogens (tertiary/aromatic N) is 3. The summed E-state index contributed by atoms with van der Waals surface area (Å²) in [4.78, 5) is 2.06. The second-order valence-electron chi connectivity index (χ2n) is 5.49. The number of hydrogen-bond donors (Lipinski definition) is 2. The number of hydrogen-bond acceptors (Lipinski definition) is 4. The summed E-state index contributed by atoms with van der Waals surface area (Å²) < 4.78 is 2.57. The maximum atomic E-state index is 11.0. The summed E-state index contributed by atoms with van der Waals surface area (Å²) in [6, 6.07) is 6.56. The lowest BCUT2D eigenvalue weighted by atomic mass is 9.92. The Morgan fingerprint density at radius 2 is 1.90 bits per heavy atom. The molecule has 0 saturated heterocycles. The van der Waals surface area contributed by atoms with Gasteiger partial charge < -0.3 is 15.1 Å². The Morgan fingerprint density at radius 3 is 2.48 bits per heavy atom. The van der Waals surface area contributed by atoms with Gasteiger partial charge in [-0.15, -0.1) is 0 Å². The van der Waals surface area contributed by atoms with Gasteiger partial charge in [-0.3, -0.25) is 4.68 Å². The Labute approximate surface area is 133 Å². The molecule has 0 aliphatic rings. The standard InChI is InChI=1S/C15H20BrN3O2/c1-15(21,11-4-6-12(20)7-5-11)14-13(16)10-17-19(14)9-8-18(2)3/h4-7,10,20-21H,8-9H2,1-3H3. The molecule has 0 aliphatic carbocycles. The van der Waals surface area contributed by atoms with Crippen molar-refractivity contribution in [3.8, 4) is 5.75 Å². The highest BCUT2D eigenvalue weighted by Crippen LogP contribution is 2.34. The number of likely N-dealkylation sites (N-methyl/N-ethyl adjacent to an activating group) is 1. The first-order chi connectivity index (χ1) is 9.82. The Morgan fingerprint density at radius 1 is 1.29 bits per heavy atom. The third-order valence-corrected chi connectivity index (χ3v) is 4.02. The van der Waals surface area contributed by atoms with Crippen molar-refractivity contribution in [2.45, 2.75) is 19.1 Å². The zero-order valence-electron chi connectivity index (χ0n) is 12.4. The van der Waals surface area contributed by atoms with Crippen LogP contribution in [0.4, 0.5) is 0 Å². The molecule has 1 aromatic heterocycles. The Hall–Kier alpha value is -1.37. The van der Waals surface area contributed by atoms with Crippen LogP contribution in [0.25, 0.3) is 0 Å². The molecule has 2 aromatic rings. The lowest BCUT2D eigenvalue weighted by molar-refractivity contribution is 0.0900. The molecule has 1 atom stereocenters. The van der Waals surface area contributed by atoms with E-state index in [0.717, 1.165) is 11.0 Å². The highest BCUT2D eigenvalue weighted by Gasteiger charge is 2.32. The van der Waals surface area contributed by atoms with Crippen LogP contribution < -0.4 is 0 Å². The number of benzene rings is 1. The number of aliphatic hydroxyl groups is 1. The Kier molecular flexibility index (Phi) is 4.70. The average Bonchev–Trinajstić information content (AvgIpc) is 2.78. The lowest BCUT2D eigenvalue weighted by Crippen LogP contribution is -2.29. The van der Waals surface area contributed by atoms with Gasteiger partial charge in [0.05, 0.1) is 22.9 Å². The van der Waals surface area contributed by atoms with Gasteiger partial charge >= 0.3 is 0 Å². The van der Waals surface area contributed by atoms with Crippen molar-refractivity contribution in [3.63, 3.8) is 0 Å². The fourth-order valence-electron chi connectivity index (χ4n) is 2.23. The van der Waals surface area contributed by atoms with Crippen LogP contribution in [0.15, 0.2) is 34.9 Å². The maximum absolute atomic E-state index is 11.0. The van der Waals surface area contributed by atoms with E-state index in [1.807, 2.05) is 14.1 Å². The average molecular weight is 354 g/mol. The summed E-state index contributed by atoms with van der Waals surface area (Å²) in [5, 5.41) is 24.7. The van der Waals surface area contributed by atoms with Gasteiger partial charge in [0.25, 0.3) is 0 Å². The number of halogens is 1. The minimum absolute atomic E-state index is 0.176. The molecule has 21 heavy (non-hydrogen) atoms. The second-order valence-corrected chi connectivity index (χ2v) is 6.34. The van der Waals surface area contributed by atoms with E-state index in [2.05, 4.69) is 25.9 Å². The SMILES string of the molecule is CN(C)CCn1ncc(Br)c1C(C)(O)c1ccc(O)cc1. The third-order valence-electron chi connectivity index (χ3n) is 3.44. The van der Waals surface area contributed by atoms with Gasteiger partial charge in [-0.05, 0) is 54.6 Å². The molecule has 2 N–H and O–H groups in total. The first-order valence-corrected chi connectivity index (χ1v) is 7.50. The zero-order chi connectivity index (χ0) is 15.6. The van der Waals surface area contributed by atoms with Crippen molar-refractivity contribution >= 4 is 15.9 Å². The molecule has 114 valence electrons. The number of rotatable bonds is 5.